The van der Waals surface area contributed by atoms with Gasteiger partial charge >= 0.3 is 0 Å². The molecular formula is C17H20N6O2S. The lowest BCUT2D eigenvalue weighted by Gasteiger charge is -2.14. The van der Waals surface area contributed by atoms with E-state index in [-0.39, 0.29) is 5.69 Å². The van der Waals surface area contributed by atoms with Crippen LogP contribution >= 0.6 is 11.8 Å². The number of nitro groups is 1. The predicted molar refractivity (Wildman–Crippen MR) is 106 cm³/mol. The number of nitrogens with one attached hydrogen (secondary N) is 1. The number of hydrogen-bond donors (Lipinski definition) is 1. The minimum atomic E-state index is -0.392. The molecule has 0 spiro atoms. The topological polar surface area (TPSA) is 87.4 Å². The third-order valence-electron chi connectivity index (χ3n) is 4.10. The van der Waals surface area contributed by atoms with Gasteiger partial charge in [0.2, 0.25) is 5.95 Å². The lowest BCUT2D eigenvalue weighted by molar-refractivity contribution is -0.384. The average molecular weight is 372 g/mol. The zero-order valence-electron chi connectivity index (χ0n) is 15.1. The van der Waals surface area contributed by atoms with Crippen molar-refractivity contribution in [1.29, 1.82) is 0 Å². The molecule has 0 amide bonds. The van der Waals surface area contributed by atoms with Crippen LogP contribution in [-0.4, -0.2) is 46.8 Å². The van der Waals surface area contributed by atoms with Crippen molar-refractivity contribution >= 4 is 39.7 Å². The largest absolute Gasteiger partial charge is 0.372 e. The molecule has 26 heavy (non-hydrogen) atoms. The molecule has 1 aliphatic heterocycles. The quantitative estimate of drug-likeness (QED) is 0.630. The summed E-state index contributed by atoms with van der Waals surface area (Å²) in [5.41, 5.74) is 3.16. The molecule has 1 aromatic heterocycles. The molecule has 1 aliphatic rings. The minimum Gasteiger partial charge on any atom is -0.372 e. The third-order valence-corrected chi connectivity index (χ3v) is 5.41. The number of benzene rings is 1. The second-order valence-corrected chi connectivity index (χ2v) is 7.09. The second kappa shape index (κ2) is 7.20. The van der Waals surface area contributed by atoms with Crippen molar-refractivity contribution in [3.8, 4) is 0 Å². The summed E-state index contributed by atoms with van der Waals surface area (Å²) in [6.45, 7) is 2.06. The maximum absolute atomic E-state index is 11.3. The average Bonchev–Trinajstić information content (AvgIpc) is 2.94. The highest BCUT2D eigenvalue weighted by Crippen LogP contribution is 2.37. The normalized spacial score (nSPS) is 13.9. The van der Waals surface area contributed by atoms with Crippen molar-refractivity contribution < 1.29 is 4.92 Å². The van der Waals surface area contributed by atoms with Crippen LogP contribution in [0.2, 0.25) is 0 Å². The van der Waals surface area contributed by atoms with Crippen LogP contribution in [-0.2, 0) is 0 Å². The van der Waals surface area contributed by atoms with Crippen LogP contribution in [0.5, 0.6) is 0 Å². The Kier molecular flexibility index (Phi) is 4.99. The molecule has 0 unspecified atom stereocenters. The first kappa shape index (κ1) is 18.0. The number of nitro benzene ring substituents is 1. The van der Waals surface area contributed by atoms with Crippen LogP contribution in [0.1, 0.15) is 12.6 Å². The first-order chi connectivity index (χ1) is 12.4. The van der Waals surface area contributed by atoms with E-state index in [9.17, 15) is 10.1 Å². The zero-order chi connectivity index (χ0) is 18.8. The molecule has 1 N–H and O–H groups in total. The highest BCUT2D eigenvalue weighted by atomic mass is 32.2. The van der Waals surface area contributed by atoms with Gasteiger partial charge in [-0.15, -0.1) is 11.8 Å². The summed E-state index contributed by atoms with van der Waals surface area (Å²) in [6, 6.07) is 6.85. The van der Waals surface area contributed by atoms with Crippen molar-refractivity contribution in [3.05, 3.63) is 52.0 Å². The summed E-state index contributed by atoms with van der Waals surface area (Å²) in [6.07, 6.45) is 1.69. The molecule has 0 saturated carbocycles. The number of thioether (sulfide) groups is 1. The Morgan fingerprint density at radius 1 is 1.35 bits per heavy atom. The first-order valence-electron chi connectivity index (χ1n) is 7.98. The summed E-state index contributed by atoms with van der Waals surface area (Å²) in [7, 11) is 5.59. The van der Waals surface area contributed by atoms with Crippen molar-refractivity contribution in [3.63, 3.8) is 0 Å². The first-order valence-corrected chi connectivity index (χ1v) is 8.96. The molecule has 0 fully saturated rings. The molecule has 0 bridgehead atoms. The van der Waals surface area contributed by atoms with E-state index in [1.165, 1.54) is 11.8 Å². The van der Waals surface area contributed by atoms with E-state index in [1.807, 2.05) is 13.1 Å². The third kappa shape index (κ3) is 3.57. The summed E-state index contributed by atoms with van der Waals surface area (Å²) < 4.78 is 0. The summed E-state index contributed by atoms with van der Waals surface area (Å²) >= 11 is 1.73. The fraction of sp³-hybridized carbons (Fsp3) is 0.294. The lowest BCUT2D eigenvalue weighted by Crippen LogP contribution is -2.11. The van der Waals surface area contributed by atoms with E-state index in [4.69, 9.17) is 0 Å². The van der Waals surface area contributed by atoms with Crippen LogP contribution in [0.3, 0.4) is 0 Å². The Bertz CT molecular complexity index is 883. The van der Waals surface area contributed by atoms with Crippen LogP contribution in [0.4, 0.5) is 23.0 Å². The maximum atomic E-state index is 11.3. The maximum Gasteiger partial charge on any atom is 0.294 e. The highest BCUT2D eigenvalue weighted by Gasteiger charge is 2.20. The monoisotopic (exact) mass is 372 g/mol. The van der Waals surface area contributed by atoms with Crippen molar-refractivity contribution in [1.82, 2.24) is 14.9 Å². The van der Waals surface area contributed by atoms with Crippen LogP contribution in [0.15, 0.2) is 36.2 Å². The van der Waals surface area contributed by atoms with Gasteiger partial charge in [0, 0.05) is 44.8 Å². The number of aromatic nitrogens is 2. The van der Waals surface area contributed by atoms with E-state index in [0.717, 1.165) is 16.5 Å². The molecule has 1 aromatic carbocycles. The van der Waals surface area contributed by atoms with Gasteiger partial charge in [0.05, 0.1) is 21.4 Å². The van der Waals surface area contributed by atoms with Gasteiger partial charge in [0.1, 0.15) is 5.69 Å². The van der Waals surface area contributed by atoms with Crippen molar-refractivity contribution in [2.45, 2.75) is 6.92 Å². The Labute approximate surface area is 156 Å². The van der Waals surface area contributed by atoms with Gasteiger partial charge in [-0.1, -0.05) is 0 Å². The Morgan fingerprint density at radius 3 is 2.73 bits per heavy atom. The molecule has 2 aromatic rings. The minimum absolute atomic E-state index is 0.0303. The zero-order valence-corrected chi connectivity index (χ0v) is 15.9. The van der Waals surface area contributed by atoms with E-state index in [2.05, 4.69) is 27.1 Å². The Balaban J connectivity index is 1.89. The molecule has 0 atom stereocenters. The van der Waals surface area contributed by atoms with E-state index < -0.39 is 4.92 Å². The molecule has 2 heterocycles. The Hall–Kier alpha value is -2.81. The molecule has 0 saturated heterocycles. The summed E-state index contributed by atoms with van der Waals surface area (Å²) in [5, 5.41) is 14.4. The standard InChI is InChI=1S/C17H20N6O2S/c1-11-16(26-10-22(11)4)13-7-8-18-17(20-13)19-12-5-6-14(21(2)3)15(9-12)23(24)25/h5-9H,10H2,1-4H3,(H,18,19,20). The van der Waals surface area contributed by atoms with E-state index in [0.29, 0.717) is 17.3 Å². The van der Waals surface area contributed by atoms with Gasteiger partial charge < -0.3 is 15.1 Å². The predicted octanol–water partition coefficient (Wildman–Crippen LogP) is 3.52. The van der Waals surface area contributed by atoms with Crippen LogP contribution in [0.25, 0.3) is 4.91 Å². The smallest absolute Gasteiger partial charge is 0.294 e. The number of nitrogens with zero attached hydrogens (tertiary/aromatic N) is 5. The summed E-state index contributed by atoms with van der Waals surface area (Å²) in [5.74, 6) is 1.30. The molecule has 8 nitrogen and oxygen atoms in total. The van der Waals surface area contributed by atoms with Crippen LogP contribution in [0, 0.1) is 10.1 Å². The SMILES string of the molecule is CC1=C(c2ccnc(Nc3ccc(N(C)C)c([N+](=O)[O-])c3)n2)SCN1C. The van der Waals surface area contributed by atoms with Crippen LogP contribution < -0.4 is 10.2 Å². The summed E-state index contributed by atoms with van der Waals surface area (Å²) in [4.78, 5) is 24.7. The van der Waals surface area contributed by atoms with Gasteiger partial charge in [-0.2, -0.15) is 0 Å². The van der Waals surface area contributed by atoms with Crippen molar-refractivity contribution in [2.75, 3.05) is 37.2 Å². The van der Waals surface area contributed by atoms with Gasteiger partial charge in [-0.05, 0) is 25.1 Å². The number of anilines is 3. The van der Waals surface area contributed by atoms with Crippen molar-refractivity contribution in [2.24, 2.45) is 0 Å². The van der Waals surface area contributed by atoms with Gasteiger partial charge in [0.15, 0.2) is 0 Å². The van der Waals surface area contributed by atoms with Gasteiger partial charge in [-0.3, -0.25) is 10.1 Å². The van der Waals surface area contributed by atoms with Gasteiger partial charge in [-0.25, -0.2) is 9.97 Å². The fourth-order valence-electron chi connectivity index (χ4n) is 2.60. The lowest BCUT2D eigenvalue weighted by atomic mass is 10.2. The molecule has 3 rings (SSSR count). The highest BCUT2D eigenvalue weighted by molar-refractivity contribution is 8.08. The Morgan fingerprint density at radius 2 is 2.12 bits per heavy atom. The molecular weight excluding hydrogens is 352 g/mol. The number of rotatable bonds is 5. The second-order valence-electron chi connectivity index (χ2n) is 6.13. The molecule has 0 radical (unpaired) electrons. The number of allylic oxidation sites excluding steroid dienone is 1. The van der Waals surface area contributed by atoms with E-state index >= 15 is 0 Å². The van der Waals surface area contributed by atoms with Gasteiger partial charge in [0.25, 0.3) is 5.69 Å². The molecule has 9 heteroatoms. The molecule has 136 valence electrons. The van der Waals surface area contributed by atoms with E-state index in [1.54, 1.807) is 49.1 Å². The molecule has 0 aliphatic carbocycles. The number of hydrogen-bond acceptors (Lipinski definition) is 8. The fourth-order valence-corrected chi connectivity index (χ4v) is 3.74.